The number of rotatable bonds is 13. The van der Waals surface area contributed by atoms with Gasteiger partial charge in [0.05, 0.1) is 13.1 Å². The van der Waals surface area contributed by atoms with E-state index in [1.54, 1.807) is 54.0 Å². The van der Waals surface area contributed by atoms with Crippen LogP contribution in [0, 0.1) is 0 Å². The molecule has 0 fully saturated rings. The van der Waals surface area contributed by atoms with E-state index >= 15 is 0 Å². The highest BCUT2D eigenvalue weighted by molar-refractivity contribution is 5.95. The number of aromatic amines is 2. The number of hydrogen-bond acceptors (Lipinski definition) is 5. The van der Waals surface area contributed by atoms with Gasteiger partial charge in [0.1, 0.15) is 11.6 Å². The Balaban J connectivity index is 1.52. The molecule has 2 aromatic heterocycles. The second-order valence-electron chi connectivity index (χ2n) is 9.24. The lowest BCUT2D eigenvalue weighted by Gasteiger charge is -2.30. The monoisotopic (exact) mass is 479 g/mol. The minimum absolute atomic E-state index is 0.0121. The molecule has 0 aliphatic rings. The molecule has 0 unspecified atom stereocenters. The number of carbonyl (C=O) groups is 2. The Bertz CT molecular complexity index is 984. The van der Waals surface area contributed by atoms with Gasteiger partial charge in [0.2, 0.25) is 5.91 Å². The Morgan fingerprint density at radius 3 is 1.94 bits per heavy atom. The van der Waals surface area contributed by atoms with Crippen molar-refractivity contribution in [1.82, 2.24) is 29.7 Å². The van der Waals surface area contributed by atoms with Crippen LogP contribution in [0.3, 0.4) is 0 Å². The normalized spacial score (nSPS) is 11.4. The van der Waals surface area contributed by atoms with Crippen LogP contribution in [0.2, 0.25) is 0 Å². The summed E-state index contributed by atoms with van der Waals surface area (Å²) < 4.78 is 0. The highest BCUT2D eigenvalue weighted by atomic mass is 16.2. The maximum Gasteiger partial charge on any atom is 0.254 e. The van der Waals surface area contributed by atoms with Crippen molar-refractivity contribution in [1.29, 1.82) is 0 Å². The topological polar surface area (TPSA) is 110 Å². The lowest BCUT2D eigenvalue weighted by molar-refractivity contribution is -0.116. The van der Waals surface area contributed by atoms with Gasteiger partial charge in [0.15, 0.2) is 0 Å². The molecular formula is C26H37N7O2. The first-order valence-electron chi connectivity index (χ1n) is 12.2. The molecule has 0 aliphatic heterocycles. The molecule has 3 aromatic rings. The van der Waals surface area contributed by atoms with Crippen LogP contribution < -0.4 is 5.32 Å². The third-order valence-corrected chi connectivity index (χ3v) is 5.89. The van der Waals surface area contributed by atoms with Crippen molar-refractivity contribution < 1.29 is 9.59 Å². The number of carbonyl (C=O) groups excluding carboxylic acids is 2. The van der Waals surface area contributed by atoms with Crippen LogP contribution in [0.4, 0.5) is 5.69 Å². The molecule has 35 heavy (non-hydrogen) atoms. The van der Waals surface area contributed by atoms with E-state index in [-0.39, 0.29) is 11.8 Å². The van der Waals surface area contributed by atoms with Gasteiger partial charge in [-0.2, -0.15) is 0 Å². The second-order valence-corrected chi connectivity index (χ2v) is 9.24. The lowest BCUT2D eigenvalue weighted by Crippen LogP contribution is -2.37. The Morgan fingerprint density at radius 1 is 0.886 bits per heavy atom. The molecule has 9 nitrogen and oxygen atoms in total. The van der Waals surface area contributed by atoms with E-state index < -0.39 is 0 Å². The third-order valence-electron chi connectivity index (χ3n) is 5.89. The van der Waals surface area contributed by atoms with E-state index in [0.29, 0.717) is 54.5 Å². The summed E-state index contributed by atoms with van der Waals surface area (Å²) >= 11 is 0. The van der Waals surface area contributed by atoms with Crippen LogP contribution >= 0.6 is 0 Å². The number of benzene rings is 1. The van der Waals surface area contributed by atoms with E-state index in [1.807, 2.05) is 0 Å². The van der Waals surface area contributed by atoms with Crippen LogP contribution in [-0.4, -0.2) is 60.2 Å². The van der Waals surface area contributed by atoms with Crippen molar-refractivity contribution in [3.8, 4) is 0 Å². The third kappa shape index (κ3) is 8.06. The van der Waals surface area contributed by atoms with Crippen molar-refractivity contribution >= 4 is 17.5 Å². The number of H-pyrrole nitrogens is 2. The first-order chi connectivity index (χ1) is 16.8. The van der Waals surface area contributed by atoms with Gasteiger partial charge in [0, 0.05) is 54.5 Å². The summed E-state index contributed by atoms with van der Waals surface area (Å²) in [6.45, 7) is 10.5. The largest absolute Gasteiger partial charge is 0.347 e. The van der Waals surface area contributed by atoms with E-state index in [1.165, 1.54) is 0 Å². The smallest absolute Gasteiger partial charge is 0.254 e. The number of nitrogens with zero attached hydrogens (tertiary/aromatic N) is 4. The quantitative estimate of drug-likeness (QED) is 0.318. The zero-order valence-corrected chi connectivity index (χ0v) is 21.1. The number of anilines is 1. The van der Waals surface area contributed by atoms with E-state index in [0.717, 1.165) is 19.4 Å². The Hall–Kier alpha value is -3.46. The number of imidazole rings is 2. The molecular weight excluding hydrogens is 442 g/mol. The number of aromatic nitrogens is 4. The summed E-state index contributed by atoms with van der Waals surface area (Å²) in [7, 11) is 0. The molecule has 0 saturated carbocycles. The molecule has 0 aliphatic carbocycles. The van der Waals surface area contributed by atoms with Gasteiger partial charge in [-0.05, 0) is 71.3 Å². The highest BCUT2D eigenvalue weighted by Gasteiger charge is 2.19. The summed E-state index contributed by atoms with van der Waals surface area (Å²) in [5.74, 6) is 1.23. The molecule has 3 rings (SSSR count). The fourth-order valence-corrected chi connectivity index (χ4v) is 4.12. The Labute approximate surface area is 207 Å². The average Bonchev–Trinajstić information content (AvgIpc) is 3.52. The maximum absolute atomic E-state index is 13.2. The molecule has 0 spiro atoms. The Kier molecular flexibility index (Phi) is 9.60. The fraction of sp³-hybridized carbons (Fsp3) is 0.462. The predicted octanol–water partition coefficient (Wildman–Crippen LogP) is 4.20. The van der Waals surface area contributed by atoms with Gasteiger partial charge in [0.25, 0.3) is 5.91 Å². The summed E-state index contributed by atoms with van der Waals surface area (Å²) in [5.41, 5.74) is 1.21. The van der Waals surface area contributed by atoms with Crippen molar-refractivity contribution in [3.63, 3.8) is 0 Å². The summed E-state index contributed by atoms with van der Waals surface area (Å²) in [6, 6.07) is 8.00. The highest BCUT2D eigenvalue weighted by Crippen LogP contribution is 2.15. The van der Waals surface area contributed by atoms with Gasteiger partial charge < -0.3 is 20.2 Å². The number of unbranched alkanes of at least 4 members (excludes halogenated alkanes) is 1. The molecule has 0 atom stereocenters. The number of nitrogens with one attached hydrogen (secondary N) is 3. The predicted molar refractivity (Wildman–Crippen MR) is 137 cm³/mol. The minimum Gasteiger partial charge on any atom is -0.347 e. The van der Waals surface area contributed by atoms with Crippen LogP contribution in [0.5, 0.6) is 0 Å². The molecule has 9 heteroatoms. The van der Waals surface area contributed by atoms with Crippen LogP contribution in [0.1, 0.15) is 69.0 Å². The lowest BCUT2D eigenvalue weighted by atomic mass is 10.1. The zero-order valence-electron chi connectivity index (χ0n) is 21.1. The SMILES string of the molecule is CC(C)N(CCCCC(=O)Nc1ccc(C(=O)N(Cc2ncc[nH]2)Cc2ncc[nH]2)cc1)C(C)C. The van der Waals surface area contributed by atoms with Crippen LogP contribution in [0.25, 0.3) is 0 Å². The molecule has 0 bridgehead atoms. The molecule has 188 valence electrons. The van der Waals surface area contributed by atoms with Gasteiger partial charge in [-0.3, -0.25) is 14.5 Å². The summed E-state index contributed by atoms with van der Waals surface area (Å²) in [5, 5.41) is 2.94. The fourth-order valence-electron chi connectivity index (χ4n) is 4.12. The Morgan fingerprint density at radius 2 is 1.46 bits per heavy atom. The maximum atomic E-state index is 13.2. The van der Waals surface area contributed by atoms with E-state index in [4.69, 9.17) is 0 Å². The molecule has 3 N–H and O–H groups in total. The standard InChI is InChI=1S/C26H37N7O2/c1-19(2)33(20(3)4)16-6-5-7-25(34)31-22-10-8-21(9-11-22)26(35)32(17-23-27-12-13-28-23)18-24-29-14-15-30-24/h8-15,19-20H,5-7,16-18H2,1-4H3,(H,27,28)(H,29,30)(H,31,34). The zero-order chi connectivity index (χ0) is 25.2. The molecule has 2 heterocycles. The number of hydrogen-bond donors (Lipinski definition) is 3. The summed E-state index contributed by atoms with van der Waals surface area (Å²) in [4.78, 5) is 44.2. The van der Waals surface area contributed by atoms with Crippen molar-refractivity contribution in [3.05, 3.63) is 66.3 Å². The van der Waals surface area contributed by atoms with Gasteiger partial charge >= 0.3 is 0 Å². The molecule has 1 aromatic carbocycles. The van der Waals surface area contributed by atoms with Gasteiger partial charge in [-0.15, -0.1) is 0 Å². The van der Waals surface area contributed by atoms with Crippen molar-refractivity contribution in [2.45, 2.75) is 72.1 Å². The van der Waals surface area contributed by atoms with Gasteiger partial charge in [-0.25, -0.2) is 9.97 Å². The number of amides is 2. The molecule has 0 radical (unpaired) electrons. The summed E-state index contributed by atoms with van der Waals surface area (Å²) in [6.07, 6.45) is 9.08. The molecule has 0 saturated heterocycles. The van der Waals surface area contributed by atoms with Crippen molar-refractivity contribution in [2.75, 3.05) is 11.9 Å². The first-order valence-corrected chi connectivity index (χ1v) is 12.2. The first kappa shape index (κ1) is 26.2. The van der Waals surface area contributed by atoms with Crippen LogP contribution in [-0.2, 0) is 17.9 Å². The van der Waals surface area contributed by atoms with E-state index in [9.17, 15) is 9.59 Å². The van der Waals surface area contributed by atoms with Gasteiger partial charge in [-0.1, -0.05) is 0 Å². The van der Waals surface area contributed by atoms with Crippen molar-refractivity contribution in [2.24, 2.45) is 0 Å². The van der Waals surface area contributed by atoms with Crippen LogP contribution in [0.15, 0.2) is 49.1 Å². The average molecular weight is 480 g/mol. The minimum atomic E-state index is -0.143. The second kappa shape index (κ2) is 12.9. The van der Waals surface area contributed by atoms with E-state index in [2.05, 4.69) is 57.8 Å². The molecule has 2 amide bonds.